The van der Waals surface area contributed by atoms with Crippen LogP contribution in [-0.2, 0) is 6.42 Å². The summed E-state index contributed by atoms with van der Waals surface area (Å²) in [5.74, 6) is -0.328. The van der Waals surface area contributed by atoms with E-state index < -0.39 is 0 Å². The molecule has 0 bridgehead atoms. The van der Waals surface area contributed by atoms with Crippen molar-refractivity contribution in [3.8, 4) is 0 Å². The summed E-state index contributed by atoms with van der Waals surface area (Å²) in [6.45, 7) is 5.15. The SMILES string of the molecule is CC(C)NCCCc1cccc(F)c1Cl. The van der Waals surface area contributed by atoms with Gasteiger partial charge in [0.2, 0.25) is 0 Å². The second-order valence-corrected chi connectivity index (χ2v) is 4.30. The van der Waals surface area contributed by atoms with E-state index in [-0.39, 0.29) is 10.8 Å². The van der Waals surface area contributed by atoms with E-state index in [2.05, 4.69) is 19.2 Å². The van der Waals surface area contributed by atoms with Gasteiger partial charge in [0.1, 0.15) is 5.82 Å². The molecule has 1 nitrogen and oxygen atoms in total. The molecule has 0 fully saturated rings. The van der Waals surface area contributed by atoms with Crippen molar-refractivity contribution in [2.75, 3.05) is 6.54 Å². The minimum atomic E-state index is -0.328. The molecule has 0 amide bonds. The van der Waals surface area contributed by atoms with Crippen LogP contribution in [-0.4, -0.2) is 12.6 Å². The number of hydrogen-bond donors (Lipinski definition) is 1. The molecule has 0 unspecified atom stereocenters. The van der Waals surface area contributed by atoms with Crippen LogP contribution < -0.4 is 5.32 Å². The minimum Gasteiger partial charge on any atom is -0.315 e. The third-order valence-electron chi connectivity index (χ3n) is 2.21. The van der Waals surface area contributed by atoms with Gasteiger partial charge in [-0.2, -0.15) is 0 Å². The van der Waals surface area contributed by atoms with Crippen molar-refractivity contribution in [1.29, 1.82) is 0 Å². The summed E-state index contributed by atoms with van der Waals surface area (Å²) in [7, 11) is 0. The first-order valence-electron chi connectivity index (χ1n) is 5.27. The Labute approximate surface area is 95.6 Å². The van der Waals surface area contributed by atoms with Crippen molar-refractivity contribution < 1.29 is 4.39 Å². The summed E-state index contributed by atoms with van der Waals surface area (Å²) in [6, 6.07) is 5.46. The van der Waals surface area contributed by atoms with E-state index in [1.807, 2.05) is 6.07 Å². The van der Waals surface area contributed by atoms with Crippen molar-refractivity contribution >= 4 is 11.6 Å². The Kier molecular flexibility index (Phi) is 5.06. The van der Waals surface area contributed by atoms with Gasteiger partial charge >= 0.3 is 0 Å². The van der Waals surface area contributed by atoms with E-state index in [4.69, 9.17) is 11.6 Å². The van der Waals surface area contributed by atoms with Gasteiger partial charge in [0.25, 0.3) is 0 Å². The summed E-state index contributed by atoms with van der Waals surface area (Å²) in [5, 5.41) is 3.58. The van der Waals surface area contributed by atoms with Crippen LogP contribution in [0.5, 0.6) is 0 Å². The molecule has 0 saturated heterocycles. The van der Waals surface area contributed by atoms with E-state index in [9.17, 15) is 4.39 Å². The van der Waals surface area contributed by atoms with E-state index in [0.717, 1.165) is 24.9 Å². The van der Waals surface area contributed by atoms with Gasteiger partial charge in [0.15, 0.2) is 0 Å². The van der Waals surface area contributed by atoms with Gasteiger partial charge in [0.05, 0.1) is 5.02 Å². The van der Waals surface area contributed by atoms with Crippen molar-refractivity contribution in [1.82, 2.24) is 5.32 Å². The monoisotopic (exact) mass is 229 g/mol. The molecule has 0 aliphatic rings. The van der Waals surface area contributed by atoms with Crippen molar-refractivity contribution in [2.24, 2.45) is 0 Å². The van der Waals surface area contributed by atoms with Gasteiger partial charge < -0.3 is 5.32 Å². The third-order valence-corrected chi connectivity index (χ3v) is 2.63. The van der Waals surface area contributed by atoms with Crippen LogP contribution in [0.15, 0.2) is 18.2 Å². The first-order chi connectivity index (χ1) is 7.11. The zero-order valence-corrected chi connectivity index (χ0v) is 9.94. The minimum absolute atomic E-state index is 0.266. The molecule has 0 atom stereocenters. The zero-order chi connectivity index (χ0) is 11.3. The highest BCUT2D eigenvalue weighted by Gasteiger charge is 2.04. The van der Waals surface area contributed by atoms with Crippen molar-refractivity contribution in [2.45, 2.75) is 32.7 Å². The van der Waals surface area contributed by atoms with E-state index in [0.29, 0.717) is 6.04 Å². The molecular formula is C12H17ClFN. The highest BCUT2D eigenvalue weighted by atomic mass is 35.5. The molecule has 0 aliphatic heterocycles. The van der Waals surface area contributed by atoms with Gasteiger partial charge in [-0.3, -0.25) is 0 Å². The molecule has 0 radical (unpaired) electrons. The summed E-state index contributed by atoms with van der Waals surface area (Å²) in [4.78, 5) is 0. The number of aryl methyl sites for hydroxylation is 1. The maximum absolute atomic E-state index is 13.1. The Bertz CT molecular complexity index is 312. The Morgan fingerprint density at radius 3 is 2.80 bits per heavy atom. The predicted molar refractivity (Wildman–Crippen MR) is 62.9 cm³/mol. The van der Waals surface area contributed by atoms with E-state index in [1.54, 1.807) is 6.07 Å². The quantitative estimate of drug-likeness (QED) is 0.763. The molecule has 0 saturated carbocycles. The average molecular weight is 230 g/mol. The normalized spacial score (nSPS) is 11.0. The lowest BCUT2D eigenvalue weighted by Gasteiger charge is -2.08. The standard InChI is InChI=1S/C12H17ClFN/c1-9(2)15-8-4-6-10-5-3-7-11(14)12(10)13/h3,5,7,9,15H,4,6,8H2,1-2H3. The lowest BCUT2D eigenvalue weighted by Crippen LogP contribution is -2.23. The summed E-state index contributed by atoms with van der Waals surface area (Å²) >= 11 is 5.84. The second kappa shape index (κ2) is 6.09. The molecule has 1 N–H and O–H groups in total. The zero-order valence-electron chi connectivity index (χ0n) is 9.19. The molecule has 0 spiro atoms. The molecule has 0 heterocycles. The van der Waals surface area contributed by atoms with Crippen LogP contribution in [0.25, 0.3) is 0 Å². The summed E-state index contributed by atoms with van der Waals surface area (Å²) in [6.07, 6.45) is 1.79. The number of nitrogens with one attached hydrogen (secondary N) is 1. The highest BCUT2D eigenvalue weighted by Crippen LogP contribution is 2.20. The van der Waals surface area contributed by atoms with E-state index in [1.165, 1.54) is 6.07 Å². The maximum atomic E-state index is 13.1. The fraction of sp³-hybridized carbons (Fsp3) is 0.500. The number of rotatable bonds is 5. The van der Waals surface area contributed by atoms with E-state index >= 15 is 0 Å². The Balaban J connectivity index is 2.41. The fourth-order valence-electron chi connectivity index (χ4n) is 1.41. The number of halogens is 2. The molecule has 0 aromatic heterocycles. The van der Waals surface area contributed by atoms with Crippen LogP contribution in [0, 0.1) is 5.82 Å². The smallest absolute Gasteiger partial charge is 0.142 e. The molecule has 15 heavy (non-hydrogen) atoms. The van der Waals surface area contributed by atoms with Crippen molar-refractivity contribution in [3.05, 3.63) is 34.6 Å². The third kappa shape index (κ3) is 4.18. The Morgan fingerprint density at radius 2 is 2.13 bits per heavy atom. The first-order valence-corrected chi connectivity index (χ1v) is 5.65. The van der Waals surface area contributed by atoms with Gasteiger partial charge in [-0.05, 0) is 31.0 Å². The van der Waals surface area contributed by atoms with Gasteiger partial charge in [-0.1, -0.05) is 37.6 Å². The average Bonchev–Trinajstić information content (AvgIpc) is 2.18. The van der Waals surface area contributed by atoms with Crippen LogP contribution in [0.1, 0.15) is 25.8 Å². The topological polar surface area (TPSA) is 12.0 Å². The molecule has 84 valence electrons. The molecule has 3 heteroatoms. The first kappa shape index (κ1) is 12.5. The fourth-order valence-corrected chi connectivity index (χ4v) is 1.63. The van der Waals surface area contributed by atoms with Crippen LogP contribution in [0.2, 0.25) is 5.02 Å². The van der Waals surface area contributed by atoms with Gasteiger partial charge in [-0.15, -0.1) is 0 Å². The lowest BCUT2D eigenvalue weighted by molar-refractivity contribution is 0.569. The van der Waals surface area contributed by atoms with Gasteiger partial charge in [-0.25, -0.2) is 4.39 Å². The maximum Gasteiger partial charge on any atom is 0.142 e. The second-order valence-electron chi connectivity index (χ2n) is 3.93. The Morgan fingerprint density at radius 1 is 1.40 bits per heavy atom. The van der Waals surface area contributed by atoms with Crippen LogP contribution in [0.3, 0.4) is 0 Å². The molecular weight excluding hydrogens is 213 g/mol. The number of hydrogen-bond acceptors (Lipinski definition) is 1. The number of benzene rings is 1. The molecule has 1 aromatic carbocycles. The highest BCUT2D eigenvalue weighted by molar-refractivity contribution is 6.31. The molecule has 1 aromatic rings. The molecule has 0 aliphatic carbocycles. The van der Waals surface area contributed by atoms with Crippen molar-refractivity contribution in [3.63, 3.8) is 0 Å². The largest absolute Gasteiger partial charge is 0.315 e. The Hall–Kier alpha value is -0.600. The predicted octanol–water partition coefficient (Wildman–Crippen LogP) is 3.41. The summed E-state index contributed by atoms with van der Waals surface area (Å²) in [5.41, 5.74) is 0.891. The van der Waals surface area contributed by atoms with Crippen LogP contribution in [0.4, 0.5) is 4.39 Å². The lowest BCUT2D eigenvalue weighted by atomic mass is 10.1. The van der Waals surface area contributed by atoms with Crippen LogP contribution >= 0.6 is 11.6 Å². The molecule has 1 rings (SSSR count). The van der Waals surface area contributed by atoms with Gasteiger partial charge in [0, 0.05) is 6.04 Å². The summed E-state index contributed by atoms with van der Waals surface area (Å²) < 4.78 is 13.1.